The van der Waals surface area contributed by atoms with Crippen LogP contribution < -0.4 is 0 Å². The molecule has 0 saturated carbocycles. The number of amides is 1. The number of methoxy groups -OCH3 is 1. The second-order valence-corrected chi connectivity index (χ2v) is 10.3. The summed E-state index contributed by atoms with van der Waals surface area (Å²) in [6.45, 7) is 0.951. The van der Waals surface area contributed by atoms with Crippen LogP contribution >= 0.6 is 11.3 Å². The van der Waals surface area contributed by atoms with E-state index in [0.717, 1.165) is 22.5 Å². The standard InChI is InChI=1S/C23H22N2O5S2/c1-30-23(27)18-15-21(31-16-18)32(28,29)25-13-11-24(12-14-25)22(26)20-10-6-5-9-19(20)17-7-3-2-4-8-17/h2-10,15-16H,11-14H2,1H3. The largest absolute Gasteiger partial charge is 0.465 e. The Labute approximate surface area is 190 Å². The number of nitrogens with zero attached hydrogens (tertiary/aromatic N) is 2. The summed E-state index contributed by atoms with van der Waals surface area (Å²) in [4.78, 5) is 26.6. The fourth-order valence-electron chi connectivity index (χ4n) is 3.64. The van der Waals surface area contributed by atoms with Crippen molar-refractivity contribution in [3.8, 4) is 11.1 Å². The normalized spacial score (nSPS) is 14.8. The van der Waals surface area contributed by atoms with Crippen LogP contribution in [0.25, 0.3) is 11.1 Å². The molecule has 0 bridgehead atoms. The first-order valence-electron chi connectivity index (χ1n) is 10.0. The molecule has 9 heteroatoms. The molecule has 7 nitrogen and oxygen atoms in total. The maximum atomic E-state index is 13.2. The molecule has 2 heterocycles. The lowest BCUT2D eigenvalue weighted by atomic mass is 9.99. The minimum absolute atomic E-state index is 0.0899. The molecular weight excluding hydrogens is 448 g/mol. The summed E-state index contributed by atoms with van der Waals surface area (Å²) in [6, 6.07) is 18.5. The second-order valence-electron chi connectivity index (χ2n) is 7.25. The number of rotatable bonds is 5. The Balaban J connectivity index is 1.48. The van der Waals surface area contributed by atoms with Crippen LogP contribution in [0, 0.1) is 0 Å². The van der Waals surface area contributed by atoms with Crippen LogP contribution in [0.15, 0.2) is 70.3 Å². The molecule has 0 spiro atoms. The van der Waals surface area contributed by atoms with Crippen molar-refractivity contribution in [3.63, 3.8) is 0 Å². The van der Waals surface area contributed by atoms with Crippen LogP contribution in [0.5, 0.6) is 0 Å². The van der Waals surface area contributed by atoms with Gasteiger partial charge in [-0.25, -0.2) is 13.2 Å². The topological polar surface area (TPSA) is 84.0 Å². The van der Waals surface area contributed by atoms with E-state index in [1.165, 1.54) is 22.9 Å². The minimum atomic E-state index is -3.74. The summed E-state index contributed by atoms with van der Waals surface area (Å²) >= 11 is 0.986. The monoisotopic (exact) mass is 470 g/mol. The third-order valence-corrected chi connectivity index (χ3v) is 8.67. The number of carbonyl (C=O) groups excluding carboxylic acids is 2. The van der Waals surface area contributed by atoms with Gasteiger partial charge in [-0.2, -0.15) is 4.31 Å². The van der Waals surface area contributed by atoms with E-state index in [0.29, 0.717) is 5.56 Å². The van der Waals surface area contributed by atoms with E-state index < -0.39 is 16.0 Å². The summed E-state index contributed by atoms with van der Waals surface area (Å²) in [5.74, 6) is -0.694. The highest BCUT2D eigenvalue weighted by atomic mass is 32.2. The first kappa shape index (κ1) is 22.2. The summed E-state index contributed by atoms with van der Waals surface area (Å²) in [5, 5.41) is 1.47. The zero-order chi connectivity index (χ0) is 22.7. The van der Waals surface area contributed by atoms with Crippen molar-refractivity contribution in [2.45, 2.75) is 4.21 Å². The van der Waals surface area contributed by atoms with E-state index >= 15 is 0 Å². The van der Waals surface area contributed by atoms with Crippen molar-refractivity contribution in [1.29, 1.82) is 0 Å². The Morgan fingerprint density at radius 3 is 2.28 bits per heavy atom. The number of esters is 1. The van der Waals surface area contributed by atoms with Gasteiger partial charge in [0, 0.05) is 37.1 Å². The summed E-state index contributed by atoms with van der Waals surface area (Å²) in [5.41, 5.74) is 2.61. The highest BCUT2D eigenvalue weighted by Crippen LogP contribution is 2.27. The molecule has 32 heavy (non-hydrogen) atoms. The maximum absolute atomic E-state index is 13.2. The van der Waals surface area contributed by atoms with Crippen molar-refractivity contribution in [2.75, 3.05) is 33.3 Å². The quantitative estimate of drug-likeness (QED) is 0.534. The Morgan fingerprint density at radius 1 is 0.938 bits per heavy atom. The predicted octanol–water partition coefficient (Wildman–Crippen LogP) is 3.35. The van der Waals surface area contributed by atoms with Crippen LogP contribution in [0.2, 0.25) is 0 Å². The second kappa shape index (κ2) is 9.23. The Morgan fingerprint density at radius 2 is 1.59 bits per heavy atom. The maximum Gasteiger partial charge on any atom is 0.338 e. The van der Waals surface area contributed by atoms with Gasteiger partial charge in [0.15, 0.2) is 0 Å². The van der Waals surface area contributed by atoms with Gasteiger partial charge in [0.2, 0.25) is 0 Å². The van der Waals surface area contributed by atoms with Crippen molar-refractivity contribution in [2.24, 2.45) is 0 Å². The van der Waals surface area contributed by atoms with Gasteiger partial charge in [-0.1, -0.05) is 48.5 Å². The fourth-order valence-corrected chi connectivity index (χ4v) is 6.37. The molecule has 0 unspecified atom stereocenters. The number of benzene rings is 2. The third-order valence-electron chi connectivity index (χ3n) is 5.36. The van der Waals surface area contributed by atoms with Gasteiger partial charge >= 0.3 is 5.97 Å². The van der Waals surface area contributed by atoms with Crippen molar-refractivity contribution >= 4 is 33.2 Å². The van der Waals surface area contributed by atoms with Gasteiger partial charge in [-0.15, -0.1) is 11.3 Å². The van der Waals surface area contributed by atoms with Gasteiger partial charge in [-0.05, 0) is 23.3 Å². The van der Waals surface area contributed by atoms with E-state index in [-0.39, 0.29) is 41.9 Å². The number of carbonyl (C=O) groups is 2. The van der Waals surface area contributed by atoms with Crippen LogP contribution in [0.1, 0.15) is 20.7 Å². The minimum Gasteiger partial charge on any atom is -0.465 e. The average Bonchev–Trinajstić information content (AvgIpc) is 3.35. The van der Waals surface area contributed by atoms with Crippen molar-refractivity contribution < 1.29 is 22.7 Å². The first-order chi connectivity index (χ1) is 15.4. The molecule has 0 radical (unpaired) electrons. The van der Waals surface area contributed by atoms with E-state index in [9.17, 15) is 18.0 Å². The van der Waals surface area contributed by atoms with E-state index in [1.807, 2.05) is 48.5 Å². The van der Waals surface area contributed by atoms with Crippen LogP contribution in [-0.2, 0) is 14.8 Å². The van der Waals surface area contributed by atoms with E-state index in [4.69, 9.17) is 0 Å². The molecular formula is C23H22N2O5S2. The SMILES string of the molecule is COC(=O)c1csc(S(=O)(=O)N2CCN(C(=O)c3ccccc3-c3ccccc3)CC2)c1. The van der Waals surface area contributed by atoms with E-state index in [1.54, 1.807) is 11.0 Å². The fraction of sp³-hybridized carbons (Fsp3) is 0.217. The summed E-state index contributed by atoms with van der Waals surface area (Å²) in [7, 11) is -2.49. The molecule has 1 aliphatic heterocycles. The Bertz CT molecular complexity index is 1230. The average molecular weight is 471 g/mol. The molecule has 3 aromatic rings. The van der Waals surface area contributed by atoms with Crippen LogP contribution in [0.4, 0.5) is 0 Å². The molecule has 1 aromatic heterocycles. The predicted molar refractivity (Wildman–Crippen MR) is 122 cm³/mol. The molecule has 1 fully saturated rings. The smallest absolute Gasteiger partial charge is 0.338 e. The lowest BCUT2D eigenvalue weighted by Gasteiger charge is -2.34. The zero-order valence-corrected chi connectivity index (χ0v) is 19.1. The number of piperazine rings is 1. The number of hydrogen-bond acceptors (Lipinski definition) is 6. The highest BCUT2D eigenvalue weighted by molar-refractivity contribution is 7.91. The molecule has 1 aliphatic rings. The molecule has 0 atom stereocenters. The summed E-state index contributed by atoms with van der Waals surface area (Å²) in [6.07, 6.45) is 0. The number of ether oxygens (including phenoxy) is 1. The first-order valence-corrected chi connectivity index (χ1v) is 12.3. The number of hydrogen-bond donors (Lipinski definition) is 0. The molecule has 1 saturated heterocycles. The lowest BCUT2D eigenvalue weighted by molar-refractivity contribution is 0.0600. The molecule has 0 aliphatic carbocycles. The highest BCUT2D eigenvalue weighted by Gasteiger charge is 2.32. The van der Waals surface area contributed by atoms with Gasteiger partial charge < -0.3 is 9.64 Å². The molecule has 2 aromatic carbocycles. The lowest BCUT2D eigenvalue weighted by Crippen LogP contribution is -2.50. The number of thiophene rings is 1. The Hall–Kier alpha value is -3.01. The van der Waals surface area contributed by atoms with Gasteiger partial charge in [0.25, 0.3) is 15.9 Å². The van der Waals surface area contributed by atoms with Gasteiger partial charge in [0.1, 0.15) is 4.21 Å². The van der Waals surface area contributed by atoms with Crippen molar-refractivity contribution in [1.82, 2.24) is 9.21 Å². The van der Waals surface area contributed by atoms with Crippen LogP contribution in [-0.4, -0.2) is 62.8 Å². The molecule has 4 rings (SSSR count). The molecule has 0 N–H and O–H groups in total. The zero-order valence-electron chi connectivity index (χ0n) is 17.4. The van der Waals surface area contributed by atoms with Gasteiger partial charge in [-0.3, -0.25) is 4.79 Å². The molecule has 1 amide bonds. The molecule has 166 valence electrons. The summed E-state index contributed by atoms with van der Waals surface area (Å²) < 4.78 is 32.0. The Kier molecular flexibility index (Phi) is 6.40. The van der Waals surface area contributed by atoms with Crippen molar-refractivity contribution in [3.05, 3.63) is 77.2 Å². The van der Waals surface area contributed by atoms with Gasteiger partial charge in [0.05, 0.1) is 12.7 Å². The number of sulfonamides is 1. The van der Waals surface area contributed by atoms with E-state index in [2.05, 4.69) is 4.74 Å². The van der Waals surface area contributed by atoms with Crippen LogP contribution in [0.3, 0.4) is 0 Å². The third kappa shape index (κ3) is 4.32.